The smallest absolute Gasteiger partial charge is 0.117 e. The molecule has 2 fully saturated rings. The van der Waals surface area contributed by atoms with E-state index in [4.69, 9.17) is 18.9 Å². The summed E-state index contributed by atoms with van der Waals surface area (Å²) in [4.78, 5) is 0. The molecule has 0 aliphatic carbocycles. The molecular formula is C41H64O4. The summed E-state index contributed by atoms with van der Waals surface area (Å²) in [6.07, 6.45) is 12.5. The number of benzene rings is 2. The van der Waals surface area contributed by atoms with Crippen LogP contribution in [0.5, 0.6) is 0 Å². The van der Waals surface area contributed by atoms with Crippen LogP contribution in [0.2, 0.25) is 0 Å². The van der Waals surface area contributed by atoms with E-state index in [0.717, 1.165) is 25.4 Å². The minimum absolute atomic E-state index is 0.263. The molecule has 0 aromatic heterocycles. The summed E-state index contributed by atoms with van der Waals surface area (Å²) in [6, 6.07) is 19.2. The Kier molecular flexibility index (Phi) is 19.5. The van der Waals surface area contributed by atoms with E-state index in [1.807, 2.05) is 31.2 Å². The van der Waals surface area contributed by atoms with Crippen molar-refractivity contribution in [1.82, 2.24) is 0 Å². The second kappa shape index (κ2) is 21.8. The van der Waals surface area contributed by atoms with Gasteiger partial charge in [0, 0.05) is 0 Å². The van der Waals surface area contributed by atoms with Gasteiger partial charge in [0.15, 0.2) is 0 Å². The predicted molar refractivity (Wildman–Crippen MR) is 193 cm³/mol. The summed E-state index contributed by atoms with van der Waals surface area (Å²) in [6.45, 7) is 28.8. The van der Waals surface area contributed by atoms with Gasteiger partial charge in [-0.1, -0.05) is 149 Å². The lowest BCUT2D eigenvalue weighted by atomic mass is 9.86. The van der Waals surface area contributed by atoms with Gasteiger partial charge >= 0.3 is 0 Å². The van der Waals surface area contributed by atoms with Gasteiger partial charge in [-0.15, -0.1) is 0 Å². The van der Waals surface area contributed by atoms with Crippen LogP contribution in [0, 0.1) is 10.8 Å². The van der Waals surface area contributed by atoms with Crippen molar-refractivity contribution >= 4 is 0 Å². The molecule has 0 bridgehead atoms. The summed E-state index contributed by atoms with van der Waals surface area (Å²) in [5.74, 6) is 1.49. The van der Waals surface area contributed by atoms with E-state index < -0.39 is 0 Å². The fourth-order valence-electron chi connectivity index (χ4n) is 3.56. The van der Waals surface area contributed by atoms with Crippen molar-refractivity contribution in [3.8, 4) is 11.1 Å². The number of ether oxygens (including phenoxy) is 4. The maximum Gasteiger partial charge on any atom is 0.117 e. The molecule has 2 atom stereocenters. The Morgan fingerprint density at radius 1 is 0.800 bits per heavy atom. The molecule has 0 spiro atoms. The van der Waals surface area contributed by atoms with Gasteiger partial charge in [0.2, 0.25) is 0 Å². The number of hydrogen-bond acceptors (Lipinski definition) is 4. The molecule has 45 heavy (non-hydrogen) atoms. The molecule has 0 radical (unpaired) electrons. The van der Waals surface area contributed by atoms with Crippen molar-refractivity contribution in [2.45, 2.75) is 114 Å². The van der Waals surface area contributed by atoms with E-state index in [2.05, 4.69) is 117 Å². The van der Waals surface area contributed by atoms with Crippen molar-refractivity contribution in [1.29, 1.82) is 0 Å². The van der Waals surface area contributed by atoms with Crippen LogP contribution < -0.4 is 0 Å². The fraction of sp³-hybridized carbons (Fsp3) is 0.561. The molecule has 2 unspecified atom stereocenters. The maximum atomic E-state index is 5.45. The number of aryl methyl sites for hydroxylation is 1. The van der Waals surface area contributed by atoms with E-state index in [1.54, 1.807) is 0 Å². The zero-order valence-corrected chi connectivity index (χ0v) is 30.3. The molecule has 2 aromatic rings. The topological polar surface area (TPSA) is 43.5 Å². The van der Waals surface area contributed by atoms with Gasteiger partial charge in [-0.25, -0.2) is 0 Å². The van der Waals surface area contributed by atoms with Crippen LogP contribution in [0.15, 0.2) is 90.9 Å². The van der Waals surface area contributed by atoms with E-state index >= 15 is 0 Å². The van der Waals surface area contributed by atoms with Crippen LogP contribution in [-0.2, 0) is 25.4 Å². The second-order valence-corrected chi connectivity index (χ2v) is 13.7. The van der Waals surface area contributed by atoms with Gasteiger partial charge in [-0.05, 0) is 59.4 Å². The summed E-state index contributed by atoms with van der Waals surface area (Å²) in [7, 11) is 0. The quantitative estimate of drug-likeness (QED) is 0.127. The van der Waals surface area contributed by atoms with Crippen LogP contribution in [0.25, 0.3) is 11.1 Å². The SMILES string of the molecule is C=C(/C=C\C=C(/C)OCC1CO1)OCC1CO1.CCC(C)(C)C.CCCC(C)(C)CC.CCc1ccc(-c2ccccc2)cc1. The van der Waals surface area contributed by atoms with Crippen molar-refractivity contribution < 1.29 is 18.9 Å². The zero-order valence-electron chi connectivity index (χ0n) is 30.3. The second-order valence-electron chi connectivity index (χ2n) is 13.7. The van der Waals surface area contributed by atoms with E-state index in [0.29, 0.717) is 35.9 Å². The largest absolute Gasteiger partial charge is 0.495 e. The summed E-state index contributed by atoms with van der Waals surface area (Å²) >= 11 is 0. The Bertz CT molecular complexity index is 1100. The molecule has 252 valence electrons. The lowest BCUT2D eigenvalue weighted by molar-refractivity contribution is 0.184. The molecular weight excluding hydrogens is 556 g/mol. The first kappa shape index (κ1) is 40.2. The van der Waals surface area contributed by atoms with Crippen LogP contribution in [0.3, 0.4) is 0 Å². The minimum atomic E-state index is 0.263. The average molecular weight is 621 g/mol. The average Bonchev–Trinajstić information content (AvgIpc) is 3.96. The number of allylic oxidation sites excluding steroid dienone is 4. The predicted octanol–water partition coefficient (Wildman–Crippen LogP) is 11.4. The Hall–Kier alpha value is -2.82. The van der Waals surface area contributed by atoms with Gasteiger partial charge in [0.05, 0.1) is 19.0 Å². The number of rotatable bonds is 13. The Balaban J connectivity index is 0.000000325. The zero-order chi connectivity index (χ0) is 33.7. The molecule has 4 rings (SSSR count). The normalized spacial score (nSPS) is 17.1. The van der Waals surface area contributed by atoms with Crippen LogP contribution in [0.1, 0.15) is 100 Å². The highest BCUT2D eigenvalue weighted by atomic mass is 16.6. The lowest BCUT2D eigenvalue weighted by Crippen LogP contribution is -2.07. The summed E-state index contributed by atoms with van der Waals surface area (Å²) in [5, 5.41) is 0. The molecule has 0 amide bonds. The Morgan fingerprint density at radius 3 is 1.73 bits per heavy atom. The highest BCUT2D eigenvalue weighted by Gasteiger charge is 2.23. The van der Waals surface area contributed by atoms with Gasteiger partial charge < -0.3 is 18.9 Å². The molecule has 2 aliphatic rings. The number of hydrogen-bond donors (Lipinski definition) is 0. The van der Waals surface area contributed by atoms with E-state index in [1.165, 1.54) is 42.4 Å². The van der Waals surface area contributed by atoms with Gasteiger partial charge in [0.25, 0.3) is 0 Å². The van der Waals surface area contributed by atoms with Crippen molar-refractivity contribution in [3.63, 3.8) is 0 Å². The minimum Gasteiger partial charge on any atom is -0.495 e. The molecule has 0 saturated carbocycles. The first-order valence-electron chi connectivity index (χ1n) is 17.0. The molecule has 2 aliphatic heterocycles. The van der Waals surface area contributed by atoms with Gasteiger partial charge in [-0.3, -0.25) is 0 Å². The van der Waals surface area contributed by atoms with Crippen molar-refractivity contribution in [3.05, 3.63) is 96.5 Å². The summed E-state index contributed by atoms with van der Waals surface area (Å²) < 4.78 is 20.9. The summed E-state index contributed by atoms with van der Waals surface area (Å²) in [5.41, 5.74) is 5.11. The monoisotopic (exact) mass is 620 g/mol. The van der Waals surface area contributed by atoms with Crippen molar-refractivity contribution in [2.75, 3.05) is 26.4 Å². The maximum absolute atomic E-state index is 5.45. The highest BCUT2D eigenvalue weighted by Crippen LogP contribution is 2.25. The molecule has 4 heteroatoms. The third-order valence-corrected chi connectivity index (χ3v) is 7.78. The molecule has 0 N–H and O–H groups in total. The third-order valence-electron chi connectivity index (χ3n) is 7.78. The Morgan fingerprint density at radius 2 is 1.31 bits per heavy atom. The van der Waals surface area contributed by atoms with Gasteiger partial charge in [-0.2, -0.15) is 0 Å². The van der Waals surface area contributed by atoms with Crippen LogP contribution >= 0.6 is 0 Å². The standard InChI is InChI=1S/C14H14.C13H18O4.C8H18.C6H14/c1-2-12-8-10-14(11-9-12)13-6-4-3-5-7-13;1-10(14-6-12-8-16-12)4-3-5-11(2)15-7-13-9-17-13;1-5-7-8(3,4)6-2;1-5-6(2,3)4/h3-11H,2H2,1H3;3-5,12-13H,1,6-9H2,2H3;5-7H2,1-4H3;5H2,1-4H3/b;4-3-,11-5+;;. The molecule has 2 heterocycles. The first-order chi connectivity index (χ1) is 21.3. The Labute approximate surface area is 276 Å². The molecule has 2 aromatic carbocycles. The number of epoxide rings is 2. The first-order valence-corrected chi connectivity index (χ1v) is 17.0. The highest BCUT2D eigenvalue weighted by molar-refractivity contribution is 5.63. The fourth-order valence-corrected chi connectivity index (χ4v) is 3.56. The van der Waals surface area contributed by atoms with E-state index in [9.17, 15) is 0 Å². The van der Waals surface area contributed by atoms with Crippen LogP contribution in [0.4, 0.5) is 0 Å². The third kappa shape index (κ3) is 22.4. The molecule has 2 saturated heterocycles. The van der Waals surface area contributed by atoms with Gasteiger partial charge in [0.1, 0.15) is 31.2 Å². The lowest BCUT2D eigenvalue weighted by Gasteiger charge is -2.20. The molecule has 4 nitrogen and oxygen atoms in total. The van der Waals surface area contributed by atoms with Crippen molar-refractivity contribution in [2.24, 2.45) is 10.8 Å². The van der Waals surface area contributed by atoms with Crippen LogP contribution in [-0.4, -0.2) is 38.6 Å². The van der Waals surface area contributed by atoms with E-state index in [-0.39, 0.29) is 6.10 Å².